The number of hydrogen-bond donors (Lipinski definition) is 2. The number of anilines is 1. The molecule has 0 bridgehead atoms. The molecule has 5 rings (SSSR count). The minimum atomic E-state index is -4.05. The molecular formula is C26H25ClFN5O4S. The number of aromatic nitrogens is 4. The van der Waals surface area contributed by atoms with Gasteiger partial charge in [-0.2, -0.15) is 0 Å². The Morgan fingerprint density at radius 2 is 1.95 bits per heavy atom. The summed E-state index contributed by atoms with van der Waals surface area (Å²) in [5.41, 5.74) is 0.200. The number of carboxylic acids is 1. The van der Waals surface area contributed by atoms with E-state index >= 15 is 0 Å². The molecule has 0 saturated heterocycles. The number of hydrogen-bond acceptors (Lipinski definition) is 7. The predicted molar refractivity (Wildman–Crippen MR) is 141 cm³/mol. The van der Waals surface area contributed by atoms with E-state index in [0.29, 0.717) is 18.2 Å². The van der Waals surface area contributed by atoms with Crippen molar-refractivity contribution < 1.29 is 22.7 Å². The first-order valence-electron chi connectivity index (χ1n) is 12.0. The van der Waals surface area contributed by atoms with E-state index in [0.717, 1.165) is 28.6 Å². The fraction of sp³-hybridized carbons (Fsp3) is 0.308. The molecule has 1 aliphatic carbocycles. The second-order valence-corrected chi connectivity index (χ2v) is 12.0. The minimum absolute atomic E-state index is 0.0358. The van der Waals surface area contributed by atoms with Crippen LogP contribution in [0.25, 0.3) is 22.4 Å². The van der Waals surface area contributed by atoms with Gasteiger partial charge in [-0.1, -0.05) is 42.1 Å². The number of nitrogens with one attached hydrogen (secondary N) is 1. The Bertz CT molecular complexity index is 1660. The van der Waals surface area contributed by atoms with Crippen molar-refractivity contribution in [1.82, 2.24) is 18.9 Å². The van der Waals surface area contributed by atoms with Gasteiger partial charge in [0.05, 0.1) is 21.5 Å². The van der Waals surface area contributed by atoms with Crippen molar-refractivity contribution in [2.24, 2.45) is 5.41 Å². The number of nitrogens with zero attached hydrogens (tertiary/aromatic N) is 4. The van der Waals surface area contributed by atoms with Crippen molar-refractivity contribution in [2.75, 3.05) is 5.32 Å². The number of halogens is 2. The van der Waals surface area contributed by atoms with Crippen molar-refractivity contribution in [2.45, 2.75) is 50.5 Å². The highest BCUT2D eigenvalue weighted by molar-refractivity contribution is 7.90. The van der Waals surface area contributed by atoms with Gasteiger partial charge in [-0.3, -0.25) is 4.79 Å². The van der Waals surface area contributed by atoms with Gasteiger partial charge in [0.1, 0.15) is 0 Å². The number of aryl methyl sites for hydroxylation is 1. The van der Waals surface area contributed by atoms with Gasteiger partial charge in [-0.25, -0.2) is 31.7 Å². The Morgan fingerprint density at radius 3 is 2.66 bits per heavy atom. The van der Waals surface area contributed by atoms with E-state index in [9.17, 15) is 22.7 Å². The first kappa shape index (κ1) is 26.1. The molecule has 1 saturated carbocycles. The first-order valence-corrected chi connectivity index (χ1v) is 13.8. The number of fused-ring (bicyclic) bond motifs is 1. The molecule has 4 aromatic rings. The van der Waals surface area contributed by atoms with Crippen LogP contribution < -0.4 is 5.32 Å². The molecule has 0 radical (unpaired) electrons. The largest absolute Gasteiger partial charge is 0.481 e. The topological polar surface area (TPSA) is 127 Å². The van der Waals surface area contributed by atoms with Crippen molar-refractivity contribution in [3.05, 3.63) is 65.3 Å². The van der Waals surface area contributed by atoms with E-state index < -0.39 is 33.3 Å². The molecule has 3 aromatic heterocycles. The summed E-state index contributed by atoms with van der Waals surface area (Å²) in [7, 11) is -4.05. The lowest BCUT2D eigenvalue weighted by atomic mass is 9.71. The van der Waals surface area contributed by atoms with Crippen molar-refractivity contribution in [3.63, 3.8) is 0 Å². The van der Waals surface area contributed by atoms with Gasteiger partial charge in [0, 0.05) is 29.4 Å². The van der Waals surface area contributed by atoms with Crippen LogP contribution in [0.15, 0.2) is 53.8 Å². The van der Waals surface area contributed by atoms with E-state index in [-0.39, 0.29) is 32.8 Å². The van der Waals surface area contributed by atoms with Crippen LogP contribution in [0.5, 0.6) is 0 Å². The summed E-state index contributed by atoms with van der Waals surface area (Å²) in [6, 6.07) is 7.40. The summed E-state index contributed by atoms with van der Waals surface area (Å²) in [5, 5.41) is 13.4. The maximum Gasteiger partial charge on any atom is 0.311 e. The Morgan fingerprint density at radius 1 is 1.21 bits per heavy atom. The zero-order valence-electron chi connectivity index (χ0n) is 20.6. The molecule has 1 aliphatic rings. The average Bonchev–Trinajstić information content (AvgIpc) is 3.26. The van der Waals surface area contributed by atoms with E-state index in [1.165, 1.54) is 24.5 Å². The Balaban J connectivity index is 1.62. The summed E-state index contributed by atoms with van der Waals surface area (Å²) in [5.74, 6) is -1.84. The highest BCUT2D eigenvalue weighted by Crippen LogP contribution is 2.39. The fourth-order valence-electron chi connectivity index (χ4n) is 4.82. The average molecular weight is 558 g/mol. The number of carboxylic acid groups (broad SMARTS) is 1. The van der Waals surface area contributed by atoms with Gasteiger partial charge in [0.25, 0.3) is 10.0 Å². The molecular weight excluding hydrogens is 533 g/mol. The van der Waals surface area contributed by atoms with Crippen molar-refractivity contribution in [3.8, 4) is 11.4 Å². The predicted octanol–water partition coefficient (Wildman–Crippen LogP) is 5.28. The smallest absolute Gasteiger partial charge is 0.311 e. The standard InChI is InChI=1S/C26H25ClFN5O4S/c1-15-6-8-17(9-7-15)38(36,37)33-14-19(18-11-16(27)12-30-24(18)33)22-29-13-20(28)23(32-22)31-21-5-3-4-10-26(21,2)25(34)35/h6-9,11-14,21H,3-5,10H2,1-2H3,(H,34,35)(H,29,31,32). The zero-order chi connectivity index (χ0) is 27.2. The van der Waals surface area contributed by atoms with Crippen LogP contribution in [0.2, 0.25) is 5.02 Å². The maximum atomic E-state index is 14.9. The quantitative estimate of drug-likeness (QED) is 0.328. The van der Waals surface area contributed by atoms with Crippen LogP contribution in [-0.2, 0) is 14.8 Å². The fourth-order valence-corrected chi connectivity index (χ4v) is 6.31. The molecule has 0 amide bonds. The third-order valence-corrected chi connectivity index (χ3v) is 9.02. The third kappa shape index (κ3) is 4.49. The molecule has 1 fully saturated rings. The van der Waals surface area contributed by atoms with Crippen LogP contribution >= 0.6 is 11.6 Å². The lowest BCUT2D eigenvalue weighted by molar-refractivity contribution is -0.150. The number of rotatable bonds is 6. The molecule has 2 unspecified atom stereocenters. The molecule has 0 spiro atoms. The van der Waals surface area contributed by atoms with Crippen LogP contribution in [0, 0.1) is 18.2 Å². The highest BCUT2D eigenvalue weighted by Gasteiger charge is 2.43. The molecule has 198 valence electrons. The normalized spacial score (nSPS) is 19.9. The lowest BCUT2D eigenvalue weighted by Gasteiger charge is -2.38. The summed E-state index contributed by atoms with van der Waals surface area (Å²) in [4.78, 5) is 24.8. The Kier molecular flexibility index (Phi) is 6.60. The molecule has 12 heteroatoms. The molecule has 9 nitrogen and oxygen atoms in total. The van der Waals surface area contributed by atoms with E-state index in [1.54, 1.807) is 25.1 Å². The summed E-state index contributed by atoms with van der Waals surface area (Å²) < 4.78 is 42.9. The molecule has 1 aromatic carbocycles. The second-order valence-electron chi connectivity index (χ2n) is 9.74. The Hall–Kier alpha value is -3.57. The van der Waals surface area contributed by atoms with Crippen molar-refractivity contribution >= 4 is 44.4 Å². The Labute approximate surface area is 223 Å². The number of benzene rings is 1. The first-order chi connectivity index (χ1) is 18.0. The van der Waals surface area contributed by atoms with E-state index in [1.807, 2.05) is 6.92 Å². The van der Waals surface area contributed by atoms with Gasteiger partial charge in [-0.15, -0.1) is 0 Å². The van der Waals surface area contributed by atoms with Crippen LogP contribution in [0.3, 0.4) is 0 Å². The van der Waals surface area contributed by atoms with Crippen LogP contribution in [-0.4, -0.2) is 44.5 Å². The van der Waals surface area contributed by atoms with E-state index in [4.69, 9.17) is 11.6 Å². The molecule has 3 heterocycles. The van der Waals surface area contributed by atoms with Crippen LogP contribution in [0.4, 0.5) is 10.2 Å². The number of carbonyl (C=O) groups is 1. The maximum absolute atomic E-state index is 14.9. The van der Waals surface area contributed by atoms with Gasteiger partial charge >= 0.3 is 5.97 Å². The summed E-state index contributed by atoms with van der Waals surface area (Å²) in [6.45, 7) is 3.50. The summed E-state index contributed by atoms with van der Waals surface area (Å²) >= 11 is 6.19. The third-order valence-electron chi connectivity index (χ3n) is 7.15. The molecule has 0 aliphatic heterocycles. The minimum Gasteiger partial charge on any atom is -0.481 e. The highest BCUT2D eigenvalue weighted by atomic mass is 35.5. The van der Waals surface area contributed by atoms with Gasteiger partial charge < -0.3 is 10.4 Å². The molecule has 2 atom stereocenters. The molecule has 38 heavy (non-hydrogen) atoms. The second kappa shape index (κ2) is 9.63. The van der Waals surface area contributed by atoms with E-state index in [2.05, 4.69) is 20.3 Å². The monoisotopic (exact) mass is 557 g/mol. The van der Waals surface area contributed by atoms with Crippen LogP contribution in [0.1, 0.15) is 38.2 Å². The van der Waals surface area contributed by atoms with Gasteiger partial charge in [0.2, 0.25) is 0 Å². The number of pyridine rings is 1. The SMILES string of the molecule is Cc1ccc(S(=O)(=O)n2cc(-c3ncc(F)c(NC4CCCCC4(C)C(=O)O)n3)c3cc(Cl)cnc32)cc1. The van der Waals surface area contributed by atoms with Gasteiger partial charge in [0.15, 0.2) is 23.1 Å². The molecule has 2 N–H and O–H groups in total. The van der Waals surface area contributed by atoms with Crippen molar-refractivity contribution in [1.29, 1.82) is 0 Å². The lowest BCUT2D eigenvalue weighted by Crippen LogP contribution is -2.47. The van der Waals surface area contributed by atoms with Gasteiger partial charge in [-0.05, 0) is 44.9 Å². The summed E-state index contributed by atoms with van der Waals surface area (Å²) in [6.07, 6.45) is 6.20. The zero-order valence-corrected chi connectivity index (χ0v) is 22.2. The number of aliphatic carboxylic acids is 1.